The maximum Gasteiger partial charge on any atom is 0.472 e. The summed E-state index contributed by atoms with van der Waals surface area (Å²) in [5.74, 6) is -2.02. The molecule has 32 heavy (non-hydrogen) atoms. The lowest BCUT2D eigenvalue weighted by Crippen LogP contribution is -2.46. The Morgan fingerprint density at radius 3 is 1.88 bits per heavy atom. The lowest BCUT2D eigenvalue weighted by molar-refractivity contribution is -0.870. The number of rotatable bonds is 14. The first-order valence-electron chi connectivity index (χ1n) is 11.0. The van der Waals surface area contributed by atoms with Crippen LogP contribution in [0.4, 0.5) is 0 Å². The lowest BCUT2D eigenvalue weighted by atomic mass is 9.59. The molecule has 190 valence electrons. The lowest BCUT2D eigenvalue weighted by Gasteiger charge is -2.45. The number of hydrogen-bond donors (Lipinski definition) is 2. The molecule has 0 aromatic rings. The first-order valence-corrected chi connectivity index (χ1v) is 12.5. The Morgan fingerprint density at radius 1 is 0.969 bits per heavy atom. The highest BCUT2D eigenvalue weighted by Crippen LogP contribution is 2.49. The van der Waals surface area contributed by atoms with Crippen LogP contribution in [0.25, 0.3) is 0 Å². The highest BCUT2D eigenvalue weighted by molar-refractivity contribution is 7.47. The van der Waals surface area contributed by atoms with Crippen LogP contribution in [-0.2, 0) is 27.9 Å². The second kappa shape index (κ2) is 11.4. The van der Waals surface area contributed by atoms with Gasteiger partial charge in [0.2, 0.25) is 0 Å². The summed E-state index contributed by atoms with van der Waals surface area (Å²) in [4.78, 5) is 34.6. The van der Waals surface area contributed by atoms with Crippen molar-refractivity contribution >= 4 is 19.8 Å². The van der Waals surface area contributed by atoms with Crippen molar-refractivity contribution in [3.8, 4) is 0 Å². The maximum absolute atomic E-state index is 13.0. The van der Waals surface area contributed by atoms with Crippen molar-refractivity contribution < 1.29 is 42.4 Å². The molecular weight excluding hydrogens is 437 g/mol. The van der Waals surface area contributed by atoms with E-state index in [0.29, 0.717) is 23.9 Å². The van der Waals surface area contributed by atoms with E-state index in [1.807, 2.05) is 62.7 Å². The minimum Gasteiger partial charge on any atom is -0.481 e. The molecule has 0 bridgehead atoms. The van der Waals surface area contributed by atoms with Crippen LogP contribution in [0.1, 0.15) is 61.3 Å². The first kappa shape index (κ1) is 31.0. The average Bonchev–Trinajstić information content (AvgIpc) is 2.59. The third kappa shape index (κ3) is 9.87. The number of esters is 1. The van der Waals surface area contributed by atoms with E-state index in [0.717, 1.165) is 0 Å². The molecule has 0 aromatic carbocycles. The van der Waals surface area contributed by atoms with E-state index in [2.05, 4.69) is 0 Å². The first-order chi connectivity index (χ1) is 14.2. The molecule has 3 atom stereocenters. The average molecular weight is 483 g/mol. The predicted molar refractivity (Wildman–Crippen MR) is 123 cm³/mol. The quantitative estimate of drug-likeness (QED) is 0.165. The number of carbonyl (C=O) groups is 2. The van der Waals surface area contributed by atoms with Gasteiger partial charge in [0.25, 0.3) is 0 Å². The Morgan fingerprint density at radius 2 is 1.47 bits per heavy atom. The normalized spacial score (nSPS) is 17.8. The summed E-state index contributed by atoms with van der Waals surface area (Å²) in [5, 5.41) is 9.71. The van der Waals surface area contributed by atoms with Crippen LogP contribution < -0.4 is 0 Å². The predicted octanol–water partition coefficient (Wildman–Crippen LogP) is 3.95. The van der Waals surface area contributed by atoms with Gasteiger partial charge in [0.1, 0.15) is 19.8 Å². The summed E-state index contributed by atoms with van der Waals surface area (Å²) in [6, 6.07) is 0. The number of quaternary nitrogens is 1. The van der Waals surface area contributed by atoms with Gasteiger partial charge in [-0.3, -0.25) is 18.6 Å². The number of phosphoric ester groups is 1. The van der Waals surface area contributed by atoms with Crippen LogP contribution in [0.3, 0.4) is 0 Å². The van der Waals surface area contributed by atoms with Crippen molar-refractivity contribution in [2.75, 3.05) is 47.5 Å². The van der Waals surface area contributed by atoms with E-state index < -0.39 is 41.9 Å². The maximum atomic E-state index is 13.0. The molecule has 0 aliphatic rings. The molecule has 2 N–H and O–H groups in total. The van der Waals surface area contributed by atoms with Crippen molar-refractivity contribution in [3.63, 3.8) is 0 Å². The Labute approximate surface area is 193 Å². The largest absolute Gasteiger partial charge is 0.481 e. The fourth-order valence-electron chi connectivity index (χ4n) is 3.31. The van der Waals surface area contributed by atoms with Gasteiger partial charge in [-0.2, -0.15) is 0 Å². The minimum atomic E-state index is -4.23. The van der Waals surface area contributed by atoms with E-state index in [4.69, 9.17) is 13.8 Å². The standard InChI is InChI=1S/C22H44NO8P/c1-11-22(7,21(5,6)16-17(18(24)25)20(2,3)4)19(26)29-14-15-31-32(27,28)30-13-12-23(8,9)10/h17H,11-16H2,1-10H3,(H-,24,25,27,28)/p+1. The highest BCUT2D eigenvalue weighted by Gasteiger charge is 2.50. The number of carboxylic acid groups (broad SMARTS) is 1. The van der Waals surface area contributed by atoms with Crippen molar-refractivity contribution in [1.29, 1.82) is 0 Å². The summed E-state index contributed by atoms with van der Waals surface area (Å²) in [7, 11) is 1.55. The van der Waals surface area contributed by atoms with Gasteiger partial charge in [0, 0.05) is 0 Å². The molecule has 0 spiro atoms. The van der Waals surface area contributed by atoms with Gasteiger partial charge in [0.05, 0.1) is 39.1 Å². The number of aliphatic carboxylic acids is 1. The van der Waals surface area contributed by atoms with Gasteiger partial charge in [0.15, 0.2) is 0 Å². The molecule has 0 aliphatic heterocycles. The number of likely N-dealkylation sites (N-methyl/N-ethyl adjacent to an activating group) is 1. The third-order valence-electron chi connectivity index (χ3n) is 6.30. The van der Waals surface area contributed by atoms with Gasteiger partial charge < -0.3 is 19.2 Å². The van der Waals surface area contributed by atoms with Gasteiger partial charge in [-0.05, 0) is 30.6 Å². The zero-order valence-electron chi connectivity index (χ0n) is 21.6. The minimum absolute atomic E-state index is 0.0533. The number of phosphoric acid groups is 1. The Kier molecular flexibility index (Phi) is 11.1. The monoisotopic (exact) mass is 482 g/mol. The molecule has 0 amide bonds. The second-order valence-electron chi connectivity index (χ2n) is 11.3. The number of ether oxygens (including phenoxy) is 1. The molecule has 0 heterocycles. The van der Waals surface area contributed by atoms with E-state index in [1.165, 1.54) is 0 Å². The zero-order chi connectivity index (χ0) is 25.6. The molecule has 0 saturated carbocycles. The summed E-state index contributed by atoms with van der Waals surface area (Å²) < 4.78 is 27.7. The molecule has 0 aliphatic carbocycles. The van der Waals surface area contributed by atoms with E-state index >= 15 is 0 Å². The fourth-order valence-corrected chi connectivity index (χ4v) is 4.00. The van der Waals surface area contributed by atoms with Crippen LogP contribution in [0.5, 0.6) is 0 Å². The summed E-state index contributed by atoms with van der Waals surface area (Å²) in [5.41, 5.74) is -2.09. The van der Waals surface area contributed by atoms with Crippen molar-refractivity contribution in [3.05, 3.63) is 0 Å². The molecule has 10 heteroatoms. The Balaban J connectivity index is 4.99. The molecular formula is C22H45NO8P+. The smallest absolute Gasteiger partial charge is 0.472 e. The van der Waals surface area contributed by atoms with Gasteiger partial charge in [-0.1, -0.05) is 41.5 Å². The van der Waals surface area contributed by atoms with E-state index in [1.54, 1.807) is 6.92 Å². The van der Waals surface area contributed by atoms with Crippen LogP contribution >= 0.6 is 7.82 Å². The fraction of sp³-hybridized carbons (Fsp3) is 0.909. The van der Waals surface area contributed by atoms with Crippen LogP contribution in [-0.4, -0.2) is 73.9 Å². The Hall–Kier alpha value is -0.990. The number of carboxylic acids is 1. The van der Waals surface area contributed by atoms with E-state index in [-0.39, 0.29) is 19.8 Å². The molecule has 0 fully saturated rings. The zero-order valence-corrected chi connectivity index (χ0v) is 22.5. The third-order valence-corrected chi connectivity index (χ3v) is 7.31. The molecule has 0 aromatic heterocycles. The summed E-state index contributed by atoms with van der Waals surface area (Å²) in [6.07, 6.45) is 0.747. The topological polar surface area (TPSA) is 119 Å². The summed E-state index contributed by atoms with van der Waals surface area (Å²) >= 11 is 0. The second-order valence-corrected chi connectivity index (χ2v) is 12.8. The van der Waals surface area contributed by atoms with Crippen LogP contribution in [0.2, 0.25) is 0 Å². The van der Waals surface area contributed by atoms with Crippen molar-refractivity contribution in [2.24, 2.45) is 22.2 Å². The highest BCUT2D eigenvalue weighted by atomic mass is 31.2. The molecule has 0 rings (SSSR count). The van der Waals surface area contributed by atoms with Crippen LogP contribution in [0, 0.1) is 22.2 Å². The molecule has 0 saturated heterocycles. The van der Waals surface area contributed by atoms with E-state index in [9.17, 15) is 24.2 Å². The summed E-state index contributed by atoms with van der Waals surface area (Å²) in [6.45, 7) is 13.1. The van der Waals surface area contributed by atoms with Gasteiger partial charge >= 0.3 is 19.8 Å². The van der Waals surface area contributed by atoms with Gasteiger partial charge in [-0.25, -0.2) is 4.57 Å². The van der Waals surface area contributed by atoms with Crippen molar-refractivity contribution in [1.82, 2.24) is 0 Å². The number of hydrogen-bond acceptors (Lipinski definition) is 6. The number of carbonyl (C=O) groups excluding carboxylic acids is 1. The van der Waals surface area contributed by atoms with Crippen LogP contribution in [0.15, 0.2) is 0 Å². The molecule has 9 nitrogen and oxygen atoms in total. The van der Waals surface area contributed by atoms with Gasteiger partial charge in [-0.15, -0.1) is 0 Å². The SMILES string of the molecule is CCC(C)(C(=O)OCCOP(=O)(O)OCC[N+](C)(C)C)C(C)(C)CC(C(=O)O)C(C)(C)C. The van der Waals surface area contributed by atoms with Crippen molar-refractivity contribution in [2.45, 2.75) is 61.3 Å². The molecule has 0 radical (unpaired) electrons. The Bertz CT molecular complexity index is 680. The number of nitrogens with zero attached hydrogens (tertiary/aromatic N) is 1. The molecule has 3 unspecified atom stereocenters.